The molecule has 0 atom stereocenters. The third-order valence-electron chi connectivity index (χ3n) is 4.24. The summed E-state index contributed by atoms with van der Waals surface area (Å²) in [5, 5.41) is 14.1. The number of nitrogens with one attached hydrogen (secondary N) is 3. The molecule has 0 saturated carbocycles. The molecule has 0 aromatic heterocycles. The molecule has 3 N–H and O–H groups in total. The summed E-state index contributed by atoms with van der Waals surface area (Å²) in [6, 6.07) is 10.2. The van der Waals surface area contributed by atoms with Crippen molar-refractivity contribution in [3.63, 3.8) is 0 Å². The zero-order valence-electron chi connectivity index (χ0n) is 17.6. The van der Waals surface area contributed by atoms with E-state index in [9.17, 15) is 13.2 Å². The molecule has 2 rings (SSSR count). The molecule has 31 heavy (non-hydrogen) atoms. The maximum atomic E-state index is 12.5. The Balaban J connectivity index is 2.29. The summed E-state index contributed by atoms with van der Waals surface area (Å²) in [5.41, 5.74) is 0.703. The molecular weight excluding hydrogens is 459 g/mol. The Hall–Kier alpha value is -2.42. The number of hydrogen-bond acceptors (Lipinski definition) is 5. The second kappa shape index (κ2) is 9.80. The van der Waals surface area contributed by atoms with E-state index < -0.39 is 21.3 Å². The number of aliphatic imine (C=N–C) groups is 1. The molecule has 2 aromatic rings. The van der Waals surface area contributed by atoms with Crippen LogP contribution >= 0.6 is 23.2 Å². The van der Waals surface area contributed by atoms with Crippen LogP contribution in [0.15, 0.2) is 52.4 Å². The quantitative estimate of drug-likeness (QED) is 0.374. The Labute approximate surface area is 192 Å². The lowest BCUT2D eigenvalue weighted by Gasteiger charge is -2.21. The number of amidine groups is 1. The van der Waals surface area contributed by atoms with Gasteiger partial charge in [-0.05, 0) is 41.8 Å². The zero-order valence-corrected chi connectivity index (χ0v) is 19.9. The summed E-state index contributed by atoms with van der Waals surface area (Å²) in [6.07, 6.45) is 1.21. The van der Waals surface area contributed by atoms with Crippen molar-refractivity contribution in [2.24, 2.45) is 10.4 Å². The monoisotopic (exact) mass is 482 g/mol. The van der Waals surface area contributed by atoms with E-state index >= 15 is 0 Å². The number of benzene rings is 2. The summed E-state index contributed by atoms with van der Waals surface area (Å²) in [6.45, 7) is 5.67. The highest BCUT2D eigenvalue weighted by Gasteiger charge is 2.20. The molecule has 0 unspecified atom stereocenters. The first kappa shape index (κ1) is 24.8. The minimum Gasteiger partial charge on any atom is -0.309 e. The van der Waals surface area contributed by atoms with Crippen LogP contribution < -0.4 is 10.6 Å². The molecule has 0 heterocycles. The van der Waals surface area contributed by atoms with Crippen LogP contribution in [0.4, 0.5) is 16.2 Å². The molecule has 7 nitrogen and oxygen atoms in total. The van der Waals surface area contributed by atoms with Gasteiger partial charge < -0.3 is 10.7 Å². The summed E-state index contributed by atoms with van der Waals surface area (Å²) >= 11 is 12.1. The number of carbonyl (C=O) groups excluding carboxylic acids is 1. The van der Waals surface area contributed by atoms with Gasteiger partial charge in [-0.15, -0.1) is 0 Å². The van der Waals surface area contributed by atoms with Crippen LogP contribution in [0.2, 0.25) is 10.0 Å². The van der Waals surface area contributed by atoms with Gasteiger partial charge in [0, 0.05) is 18.4 Å². The van der Waals surface area contributed by atoms with Crippen molar-refractivity contribution >= 4 is 62.0 Å². The lowest BCUT2D eigenvalue weighted by Crippen LogP contribution is -2.37. The Morgan fingerprint density at radius 3 is 2.26 bits per heavy atom. The summed E-state index contributed by atoms with van der Waals surface area (Å²) < 4.78 is 23.3. The molecule has 0 spiro atoms. The molecule has 0 radical (unpaired) electrons. The van der Waals surface area contributed by atoms with Gasteiger partial charge in [-0.2, -0.15) is 0 Å². The van der Waals surface area contributed by atoms with E-state index in [0.29, 0.717) is 22.1 Å². The highest BCUT2D eigenvalue weighted by atomic mass is 35.5. The summed E-state index contributed by atoms with van der Waals surface area (Å²) in [7, 11) is -3.33. The van der Waals surface area contributed by atoms with E-state index in [1.165, 1.54) is 24.3 Å². The molecule has 2 amide bonds. The summed E-state index contributed by atoms with van der Waals surface area (Å²) in [5.74, 6) is 0.225. The Kier molecular flexibility index (Phi) is 7.86. The van der Waals surface area contributed by atoms with Crippen molar-refractivity contribution in [3.05, 3.63) is 52.5 Å². The molecule has 0 fully saturated rings. The van der Waals surface area contributed by atoms with Gasteiger partial charge in [0.25, 0.3) is 0 Å². The molecular formula is C21H24Cl2N4O3S. The van der Waals surface area contributed by atoms with E-state index in [-0.39, 0.29) is 22.2 Å². The fourth-order valence-electron chi connectivity index (χ4n) is 2.35. The van der Waals surface area contributed by atoms with Crippen LogP contribution in [-0.4, -0.2) is 32.3 Å². The first-order valence-electron chi connectivity index (χ1n) is 9.25. The minimum atomic E-state index is -3.33. The highest BCUT2D eigenvalue weighted by Crippen LogP contribution is 2.29. The predicted octanol–water partition coefficient (Wildman–Crippen LogP) is 5.70. The number of amides is 2. The zero-order chi connectivity index (χ0) is 23.4. The van der Waals surface area contributed by atoms with Crippen molar-refractivity contribution in [2.75, 3.05) is 11.6 Å². The molecule has 2 aromatic carbocycles. The third kappa shape index (κ3) is 7.34. The van der Waals surface area contributed by atoms with Crippen LogP contribution in [-0.2, 0) is 9.84 Å². The highest BCUT2D eigenvalue weighted by molar-refractivity contribution is 7.90. The molecule has 0 saturated heterocycles. The van der Waals surface area contributed by atoms with Crippen LogP contribution in [0, 0.1) is 10.8 Å². The number of rotatable bonds is 5. The van der Waals surface area contributed by atoms with Gasteiger partial charge in [-0.3, -0.25) is 5.32 Å². The third-order valence-corrected chi connectivity index (χ3v) is 6.18. The number of anilines is 1. The number of sulfone groups is 1. The molecule has 0 aliphatic carbocycles. The number of carbonyl (C=O) groups is 1. The average Bonchev–Trinajstić information content (AvgIpc) is 2.64. The van der Waals surface area contributed by atoms with Crippen LogP contribution in [0.3, 0.4) is 0 Å². The summed E-state index contributed by atoms with van der Waals surface area (Å²) in [4.78, 5) is 17.1. The van der Waals surface area contributed by atoms with E-state index in [4.69, 9.17) is 28.6 Å². The van der Waals surface area contributed by atoms with Gasteiger partial charge in [-0.25, -0.2) is 18.2 Å². The fraction of sp³-hybridized carbons (Fsp3) is 0.286. The van der Waals surface area contributed by atoms with Crippen molar-refractivity contribution in [2.45, 2.75) is 32.1 Å². The van der Waals surface area contributed by atoms with Gasteiger partial charge >= 0.3 is 6.03 Å². The lowest BCUT2D eigenvalue weighted by molar-refractivity contribution is 0.256. The SMILES string of the molecule is CC(C)(C)C(=N)CC(=Nc1ccc(S(C)(=O)=O)cc1)NC(=O)Nc1cccc(Cl)c1Cl. The van der Waals surface area contributed by atoms with E-state index in [2.05, 4.69) is 15.6 Å². The fourth-order valence-corrected chi connectivity index (χ4v) is 3.33. The smallest absolute Gasteiger partial charge is 0.309 e. The normalized spacial score (nSPS) is 12.4. The number of halogens is 2. The van der Waals surface area contributed by atoms with Gasteiger partial charge in [0.1, 0.15) is 5.84 Å². The van der Waals surface area contributed by atoms with Crippen molar-refractivity contribution in [3.8, 4) is 0 Å². The lowest BCUT2D eigenvalue weighted by atomic mass is 9.88. The Morgan fingerprint density at radius 2 is 1.71 bits per heavy atom. The van der Waals surface area contributed by atoms with Crippen LogP contribution in [0.25, 0.3) is 0 Å². The topological polar surface area (TPSA) is 111 Å². The van der Waals surface area contributed by atoms with Gasteiger partial charge in [0.2, 0.25) is 0 Å². The Morgan fingerprint density at radius 1 is 1.10 bits per heavy atom. The molecule has 0 aliphatic heterocycles. The molecule has 0 aliphatic rings. The number of nitrogens with zero attached hydrogens (tertiary/aromatic N) is 1. The average molecular weight is 483 g/mol. The van der Waals surface area contributed by atoms with Crippen LogP contribution in [0.5, 0.6) is 0 Å². The maximum Gasteiger partial charge on any atom is 0.324 e. The van der Waals surface area contributed by atoms with Crippen molar-refractivity contribution in [1.29, 1.82) is 5.41 Å². The van der Waals surface area contributed by atoms with Gasteiger partial charge in [0.05, 0.1) is 26.3 Å². The van der Waals surface area contributed by atoms with Crippen LogP contribution in [0.1, 0.15) is 27.2 Å². The molecule has 10 heteroatoms. The Bertz CT molecular complexity index is 1120. The van der Waals surface area contributed by atoms with Gasteiger partial charge in [0.15, 0.2) is 9.84 Å². The number of hydrogen-bond donors (Lipinski definition) is 3. The maximum absolute atomic E-state index is 12.5. The first-order chi connectivity index (χ1) is 14.3. The largest absolute Gasteiger partial charge is 0.324 e. The van der Waals surface area contributed by atoms with Gasteiger partial charge in [-0.1, -0.05) is 50.0 Å². The predicted molar refractivity (Wildman–Crippen MR) is 127 cm³/mol. The van der Waals surface area contributed by atoms with E-state index in [1.54, 1.807) is 18.2 Å². The number of urea groups is 1. The molecule has 0 bridgehead atoms. The van der Waals surface area contributed by atoms with Crippen molar-refractivity contribution < 1.29 is 13.2 Å². The molecule has 166 valence electrons. The first-order valence-corrected chi connectivity index (χ1v) is 11.9. The standard InChI is InChI=1S/C21H24Cl2N4O3S/c1-21(2,3)17(24)12-18(25-13-8-10-14(11-9-13)31(4,29)30)27-20(28)26-16-7-5-6-15(22)19(16)23/h5-11,24H,12H2,1-4H3,(H2,25,26,27,28). The minimum absolute atomic E-state index is 0.0913. The van der Waals surface area contributed by atoms with Crippen molar-refractivity contribution in [1.82, 2.24) is 5.32 Å². The second-order valence-electron chi connectivity index (χ2n) is 7.91. The second-order valence-corrected chi connectivity index (χ2v) is 10.7. The van der Waals surface area contributed by atoms with E-state index in [0.717, 1.165) is 6.26 Å². The van der Waals surface area contributed by atoms with E-state index in [1.807, 2.05) is 20.8 Å².